The zero-order valence-electron chi connectivity index (χ0n) is 12.2. The Hall–Kier alpha value is -0.290. The predicted octanol–water partition coefficient (Wildman–Crippen LogP) is 3.13. The van der Waals surface area contributed by atoms with Crippen LogP contribution in [-0.4, -0.2) is 53.2 Å². The number of hydrogen-bond acceptors (Lipinski definition) is 2. The van der Waals surface area contributed by atoms with E-state index in [0.717, 1.165) is 6.42 Å². The first kappa shape index (κ1) is 15.8. The summed E-state index contributed by atoms with van der Waals surface area (Å²) in [5, 5.41) is 0. The number of nitrogens with zero attached hydrogens (tertiary/aromatic N) is 2. The zero-order chi connectivity index (χ0) is 14.4. The van der Waals surface area contributed by atoms with Crippen LogP contribution < -0.4 is 0 Å². The first-order valence-corrected chi connectivity index (χ1v) is 6.38. The molecule has 0 aromatic rings. The minimum Gasteiger partial charge on any atom is -0.294 e. The molecule has 0 saturated carbocycles. The second kappa shape index (κ2) is 4.67. The van der Waals surface area contributed by atoms with Crippen molar-refractivity contribution in [3.8, 4) is 0 Å². The largest absolute Gasteiger partial charge is 0.401 e. The number of likely N-dealkylation sites (tertiary alicyclic amines) is 1. The van der Waals surface area contributed by atoms with Gasteiger partial charge in [-0.1, -0.05) is 0 Å². The highest BCUT2D eigenvalue weighted by atomic mass is 19.4. The molecule has 0 spiro atoms. The second-order valence-corrected chi connectivity index (χ2v) is 6.98. The third kappa shape index (κ3) is 3.85. The van der Waals surface area contributed by atoms with Crippen molar-refractivity contribution >= 4 is 0 Å². The summed E-state index contributed by atoms with van der Waals surface area (Å²) in [6.07, 6.45) is -3.34. The molecular weight excluding hydrogens is 241 g/mol. The highest BCUT2D eigenvalue weighted by molar-refractivity contribution is 5.01. The molecule has 1 saturated heterocycles. The van der Waals surface area contributed by atoms with E-state index < -0.39 is 12.7 Å². The quantitative estimate of drug-likeness (QED) is 0.757. The van der Waals surface area contributed by atoms with E-state index in [4.69, 9.17) is 0 Å². The van der Waals surface area contributed by atoms with E-state index in [9.17, 15) is 13.2 Å². The van der Waals surface area contributed by atoms with Crippen LogP contribution in [0.1, 0.15) is 41.0 Å². The Morgan fingerprint density at radius 3 is 2.06 bits per heavy atom. The molecule has 1 atom stereocenters. The number of hydrogen-bond donors (Lipinski definition) is 0. The van der Waals surface area contributed by atoms with Crippen LogP contribution in [-0.2, 0) is 0 Å². The number of alkyl halides is 3. The SMILES string of the molecule is CN(CC(F)(F)F)[C@H]1CN(C(C)(C)C)C(C)(C)C1. The molecule has 5 heteroatoms. The minimum atomic E-state index is -4.12. The third-order valence-corrected chi connectivity index (χ3v) is 3.72. The maximum Gasteiger partial charge on any atom is 0.401 e. The zero-order valence-corrected chi connectivity index (χ0v) is 12.2. The number of likely N-dealkylation sites (N-methyl/N-ethyl adjacent to an activating group) is 1. The molecule has 108 valence electrons. The molecule has 0 unspecified atom stereocenters. The second-order valence-electron chi connectivity index (χ2n) is 6.98. The molecule has 0 aromatic carbocycles. The fourth-order valence-corrected chi connectivity index (χ4v) is 3.10. The van der Waals surface area contributed by atoms with Gasteiger partial charge in [0.05, 0.1) is 6.54 Å². The lowest BCUT2D eigenvalue weighted by molar-refractivity contribution is -0.147. The third-order valence-electron chi connectivity index (χ3n) is 3.72. The summed E-state index contributed by atoms with van der Waals surface area (Å²) in [6, 6.07) is -0.0270. The standard InChI is InChI=1S/C13H25F3N2/c1-11(2,3)18-8-10(7-12(18,4)5)17(6)9-13(14,15)16/h10H,7-9H2,1-6H3/t10-/m1/s1. The summed E-state index contributed by atoms with van der Waals surface area (Å²) in [5.74, 6) is 0. The molecule has 0 N–H and O–H groups in total. The van der Waals surface area contributed by atoms with Crippen LogP contribution in [0.25, 0.3) is 0 Å². The highest BCUT2D eigenvalue weighted by Gasteiger charge is 2.45. The molecule has 1 rings (SSSR count). The van der Waals surface area contributed by atoms with E-state index in [1.165, 1.54) is 4.90 Å². The van der Waals surface area contributed by atoms with Crippen molar-refractivity contribution in [2.75, 3.05) is 20.1 Å². The van der Waals surface area contributed by atoms with Gasteiger partial charge in [-0.15, -0.1) is 0 Å². The fourth-order valence-electron chi connectivity index (χ4n) is 3.10. The van der Waals surface area contributed by atoms with Gasteiger partial charge in [-0.3, -0.25) is 9.80 Å². The van der Waals surface area contributed by atoms with E-state index in [1.54, 1.807) is 7.05 Å². The molecule has 18 heavy (non-hydrogen) atoms. The summed E-state index contributed by atoms with van der Waals surface area (Å²) < 4.78 is 37.3. The van der Waals surface area contributed by atoms with Crippen molar-refractivity contribution in [3.63, 3.8) is 0 Å². The van der Waals surface area contributed by atoms with Crippen molar-refractivity contribution < 1.29 is 13.2 Å². The van der Waals surface area contributed by atoms with E-state index in [-0.39, 0.29) is 17.1 Å². The van der Waals surface area contributed by atoms with Crippen LogP contribution in [0.5, 0.6) is 0 Å². The lowest BCUT2D eigenvalue weighted by atomic mass is 9.95. The van der Waals surface area contributed by atoms with Crippen LogP contribution in [0, 0.1) is 0 Å². The van der Waals surface area contributed by atoms with Crippen LogP contribution in [0.2, 0.25) is 0 Å². The molecule has 1 aliphatic heterocycles. The first-order chi connectivity index (χ1) is 7.83. The smallest absolute Gasteiger partial charge is 0.294 e. The van der Waals surface area contributed by atoms with Gasteiger partial charge in [-0.05, 0) is 48.1 Å². The van der Waals surface area contributed by atoms with Gasteiger partial charge < -0.3 is 0 Å². The van der Waals surface area contributed by atoms with E-state index in [2.05, 4.69) is 39.5 Å². The van der Waals surface area contributed by atoms with Crippen molar-refractivity contribution in [2.45, 2.75) is 64.3 Å². The average molecular weight is 266 g/mol. The molecular formula is C13H25F3N2. The molecule has 0 aliphatic carbocycles. The Kier molecular flexibility index (Phi) is 4.09. The Bertz CT molecular complexity index is 292. The average Bonchev–Trinajstić information content (AvgIpc) is 2.37. The molecule has 0 radical (unpaired) electrons. The Morgan fingerprint density at radius 2 is 1.72 bits per heavy atom. The van der Waals surface area contributed by atoms with Crippen molar-refractivity contribution in [2.24, 2.45) is 0 Å². The van der Waals surface area contributed by atoms with E-state index >= 15 is 0 Å². The summed E-state index contributed by atoms with van der Waals surface area (Å²) in [7, 11) is 1.57. The Labute approximate surface area is 108 Å². The van der Waals surface area contributed by atoms with Gasteiger partial charge in [0.25, 0.3) is 0 Å². The van der Waals surface area contributed by atoms with Crippen LogP contribution in [0.4, 0.5) is 13.2 Å². The van der Waals surface area contributed by atoms with Crippen LogP contribution >= 0.6 is 0 Å². The number of rotatable bonds is 2. The van der Waals surface area contributed by atoms with Crippen molar-refractivity contribution in [3.05, 3.63) is 0 Å². The predicted molar refractivity (Wildman–Crippen MR) is 67.6 cm³/mol. The topological polar surface area (TPSA) is 6.48 Å². The molecule has 0 bridgehead atoms. The monoisotopic (exact) mass is 266 g/mol. The summed E-state index contributed by atoms with van der Waals surface area (Å²) in [6.45, 7) is 10.4. The van der Waals surface area contributed by atoms with E-state index in [0.29, 0.717) is 6.54 Å². The normalized spacial score (nSPS) is 26.0. The molecule has 0 aromatic heterocycles. The van der Waals surface area contributed by atoms with E-state index in [1.807, 2.05) is 0 Å². The van der Waals surface area contributed by atoms with Crippen LogP contribution in [0.15, 0.2) is 0 Å². The van der Waals surface area contributed by atoms with Crippen molar-refractivity contribution in [1.29, 1.82) is 0 Å². The first-order valence-electron chi connectivity index (χ1n) is 6.38. The summed E-state index contributed by atoms with van der Waals surface area (Å²) >= 11 is 0. The summed E-state index contributed by atoms with van der Waals surface area (Å²) in [4.78, 5) is 3.74. The van der Waals surface area contributed by atoms with Gasteiger partial charge >= 0.3 is 6.18 Å². The van der Waals surface area contributed by atoms with Gasteiger partial charge in [0, 0.05) is 23.7 Å². The lowest BCUT2D eigenvalue weighted by Gasteiger charge is -2.42. The van der Waals surface area contributed by atoms with Gasteiger partial charge in [-0.2, -0.15) is 13.2 Å². The van der Waals surface area contributed by atoms with Crippen molar-refractivity contribution in [1.82, 2.24) is 9.80 Å². The molecule has 1 heterocycles. The summed E-state index contributed by atoms with van der Waals surface area (Å²) in [5.41, 5.74) is -0.0693. The fraction of sp³-hybridized carbons (Fsp3) is 1.00. The van der Waals surface area contributed by atoms with Gasteiger partial charge in [-0.25, -0.2) is 0 Å². The molecule has 1 fully saturated rings. The number of halogens is 3. The van der Waals surface area contributed by atoms with Gasteiger partial charge in [0.2, 0.25) is 0 Å². The Balaban J connectivity index is 2.74. The van der Waals surface area contributed by atoms with Gasteiger partial charge in [0.15, 0.2) is 0 Å². The molecule has 1 aliphatic rings. The Morgan fingerprint density at radius 1 is 1.22 bits per heavy atom. The van der Waals surface area contributed by atoms with Gasteiger partial charge in [0.1, 0.15) is 0 Å². The lowest BCUT2D eigenvalue weighted by Crippen LogP contribution is -2.50. The maximum atomic E-state index is 12.4. The molecule has 0 amide bonds. The minimum absolute atomic E-state index is 0.0165. The molecule has 2 nitrogen and oxygen atoms in total. The maximum absolute atomic E-state index is 12.4. The van der Waals surface area contributed by atoms with Crippen LogP contribution in [0.3, 0.4) is 0 Å². The highest BCUT2D eigenvalue weighted by Crippen LogP contribution is 2.37.